The summed E-state index contributed by atoms with van der Waals surface area (Å²) in [4.78, 5) is 26.7. The maximum atomic E-state index is 12.5. The van der Waals surface area contributed by atoms with Crippen LogP contribution in [0.15, 0.2) is 48.5 Å². The molecule has 0 saturated heterocycles. The minimum atomic E-state index is -0.220. The number of benzene rings is 2. The average molecular weight is 368 g/mol. The molecule has 0 saturated carbocycles. The van der Waals surface area contributed by atoms with Gasteiger partial charge in [0.1, 0.15) is 5.75 Å². The largest absolute Gasteiger partial charge is 0.494 e. The van der Waals surface area contributed by atoms with Crippen LogP contribution in [0.3, 0.4) is 0 Å². The second-order valence-electron chi connectivity index (χ2n) is 6.24. The van der Waals surface area contributed by atoms with Crippen molar-refractivity contribution >= 4 is 17.5 Å². The predicted octanol–water partition coefficient (Wildman–Crippen LogP) is 4.60. The van der Waals surface area contributed by atoms with Crippen molar-refractivity contribution in [3.63, 3.8) is 0 Å². The Bertz CT molecular complexity index is 752. The van der Waals surface area contributed by atoms with Crippen LogP contribution < -0.4 is 10.1 Å². The molecule has 0 heterocycles. The number of rotatable bonds is 9. The number of carbonyl (C=O) groups excluding carboxylic acids is 2. The van der Waals surface area contributed by atoms with Gasteiger partial charge in [0.25, 0.3) is 11.8 Å². The molecule has 0 aromatic heterocycles. The van der Waals surface area contributed by atoms with Gasteiger partial charge in [0.2, 0.25) is 0 Å². The molecule has 0 aliphatic heterocycles. The van der Waals surface area contributed by atoms with Crippen LogP contribution in [-0.4, -0.2) is 36.4 Å². The number of nitrogens with zero attached hydrogens (tertiary/aromatic N) is 1. The van der Waals surface area contributed by atoms with Crippen LogP contribution in [0.5, 0.6) is 5.75 Å². The van der Waals surface area contributed by atoms with Gasteiger partial charge < -0.3 is 15.0 Å². The van der Waals surface area contributed by atoms with E-state index in [-0.39, 0.29) is 11.8 Å². The molecular weight excluding hydrogens is 340 g/mol. The second kappa shape index (κ2) is 10.4. The monoisotopic (exact) mass is 368 g/mol. The Morgan fingerprint density at radius 1 is 0.963 bits per heavy atom. The van der Waals surface area contributed by atoms with Crippen molar-refractivity contribution < 1.29 is 14.3 Å². The van der Waals surface area contributed by atoms with Crippen molar-refractivity contribution in [1.29, 1.82) is 0 Å². The lowest BCUT2D eigenvalue weighted by atomic mass is 10.1. The van der Waals surface area contributed by atoms with E-state index in [0.717, 1.165) is 18.6 Å². The van der Waals surface area contributed by atoms with Gasteiger partial charge in [-0.15, -0.1) is 0 Å². The predicted molar refractivity (Wildman–Crippen MR) is 108 cm³/mol. The molecule has 27 heavy (non-hydrogen) atoms. The summed E-state index contributed by atoms with van der Waals surface area (Å²) in [5.41, 5.74) is 1.70. The van der Waals surface area contributed by atoms with E-state index in [9.17, 15) is 9.59 Å². The standard InChI is InChI=1S/C22H28N2O3/c1-4-7-15-27-20-13-11-17(12-14-20)21(25)23-19-10-8-9-18(16-19)22(26)24(5-2)6-3/h8-14,16H,4-7,15H2,1-3H3,(H,23,25). The summed E-state index contributed by atoms with van der Waals surface area (Å²) in [6.07, 6.45) is 2.08. The summed E-state index contributed by atoms with van der Waals surface area (Å²) < 4.78 is 5.61. The Morgan fingerprint density at radius 2 is 1.67 bits per heavy atom. The fraction of sp³-hybridized carbons (Fsp3) is 0.364. The molecule has 2 rings (SSSR count). The normalized spacial score (nSPS) is 10.3. The van der Waals surface area contributed by atoms with Crippen molar-refractivity contribution in [3.8, 4) is 5.75 Å². The zero-order chi connectivity index (χ0) is 19.6. The summed E-state index contributed by atoms with van der Waals surface area (Å²) >= 11 is 0. The molecule has 0 fully saturated rings. The number of carbonyl (C=O) groups is 2. The molecule has 0 unspecified atom stereocenters. The maximum absolute atomic E-state index is 12.5. The number of hydrogen-bond acceptors (Lipinski definition) is 3. The summed E-state index contributed by atoms with van der Waals surface area (Å²) in [5.74, 6) is 0.499. The van der Waals surface area contributed by atoms with Gasteiger partial charge in [-0.1, -0.05) is 19.4 Å². The number of anilines is 1. The van der Waals surface area contributed by atoms with Crippen LogP contribution >= 0.6 is 0 Å². The molecule has 0 spiro atoms. The van der Waals surface area contributed by atoms with Crippen LogP contribution in [0.4, 0.5) is 5.69 Å². The fourth-order valence-electron chi connectivity index (χ4n) is 2.66. The lowest BCUT2D eigenvalue weighted by molar-refractivity contribution is 0.0772. The molecular formula is C22H28N2O3. The average Bonchev–Trinajstić information content (AvgIpc) is 2.69. The number of nitrogens with one attached hydrogen (secondary N) is 1. The highest BCUT2D eigenvalue weighted by Crippen LogP contribution is 2.16. The molecule has 1 N–H and O–H groups in total. The summed E-state index contributed by atoms with van der Waals surface area (Å²) in [6, 6.07) is 14.1. The summed E-state index contributed by atoms with van der Waals surface area (Å²) in [5, 5.41) is 2.85. The van der Waals surface area contributed by atoms with Crippen molar-refractivity contribution in [3.05, 3.63) is 59.7 Å². The molecule has 5 nitrogen and oxygen atoms in total. The third-order valence-corrected chi connectivity index (χ3v) is 4.30. The lowest BCUT2D eigenvalue weighted by Gasteiger charge is -2.19. The highest BCUT2D eigenvalue weighted by atomic mass is 16.5. The third kappa shape index (κ3) is 5.84. The summed E-state index contributed by atoms with van der Waals surface area (Å²) in [7, 11) is 0. The Hall–Kier alpha value is -2.82. The zero-order valence-electron chi connectivity index (χ0n) is 16.3. The Balaban J connectivity index is 2.03. The lowest BCUT2D eigenvalue weighted by Crippen LogP contribution is -2.30. The molecule has 2 amide bonds. The highest BCUT2D eigenvalue weighted by molar-refractivity contribution is 6.05. The van der Waals surface area contributed by atoms with Gasteiger partial charge in [-0.05, 0) is 62.7 Å². The van der Waals surface area contributed by atoms with Crippen molar-refractivity contribution in [2.24, 2.45) is 0 Å². The van der Waals surface area contributed by atoms with Gasteiger partial charge >= 0.3 is 0 Å². The van der Waals surface area contributed by atoms with E-state index in [2.05, 4.69) is 12.2 Å². The summed E-state index contributed by atoms with van der Waals surface area (Å²) in [6.45, 7) is 7.99. The van der Waals surface area contributed by atoms with E-state index in [1.165, 1.54) is 0 Å². The first-order chi connectivity index (χ1) is 13.1. The van der Waals surface area contributed by atoms with Crippen LogP contribution in [0.25, 0.3) is 0 Å². The molecule has 0 atom stereocenters. The molecule has 0 bridgehead atoms. The first-order valence-electron chi connectivity index (χ1n) is 9.52. The van der Waals surface area contributed by atoms with Gasteiger partial charge in [-0.3, -0.25) is 9.59 Å². The fourth-order valence-corrected chi connectivity index (χ4v) is 2.66. The zero-order valence-corrected chi connectivity index (χ0v) is 16.3. The maximum Gasteiger partial charge on any atom is 0.255 e. The van der Waals surface area contributed by atoms with Crippen molar-refractivity contribution in [2.45, 2.75) is 33.6 Å². The first-order valence-corrected chi connectivity index (χ1v) is 9.52. The third-order valence-electron chi connectivity index (χ3n) is 4.30. The molecule has 0 aliphatic carbocycles. The highest BCUT2D eigenvalue weighted by Gasteiger charge is 2.13. The quantitative estimate of drug-likeness (QED) is 0.658. The molecule has 144 valence electrons. The molecule has 0 aliphatic rings. The van der Waals surface area contributed by atoms with E-state index in [1.54, 1.807) is 53.4 Å². The van der Waals surface area contributed by atoms with Gasteiger partial charge in [0, 0.05) is 29.9 Å². The number of hydrogen-bond donors (Lipinski definition) is 1. The molecule has 5 heteroatoms. The van der Waals surface area contributed by atoms with Crippen LogP contribution in [0.2, 0.25) is 0 Å². The molecule has 2 aromatic carbocycles. The van der Waals surface area contributed by atoms with Crippen LogP contribution in [0, 0.1) is 0 Å². The smallest absolute Gasteiger partial charge is 0.255 e. The van der Waals surface area contributed by atoms with E-state index in [4.69, 9.17) is 4.74 Å². The van der Waals surface area contributed by atoms with E-state index < -0.39 is 0 Å². The van der Waals surface area contributed by atoms with Crippen molar-refractivity contribution in [2.75, 3.05) is 25.0 Å². The minimum Gasteiger partial charge on any atom is -0.494 e. The van der Waals surface area contributed by atoms with Crippen molar-refractivity contribution in [1.82, 2.24) is 4.90 Å². The topological polar surface area (TPSA) is 58.6 Å². The Morgan fingerprint density at radius 3 is 2.30 bits per heavy atom. The van der Waals surface area contributed by atoms with Gasteiger partial charge in [-0.2, -0.15) is 0 Å². The molecule has 2 aromatic rings. The molecule has 0 radical (unpaired) electrons. The van der Waals surface area contributed by atoms with Gasteiger partial charge in [0.15, 0.2) is 0 Å². The van der Waals surface area contributed by atoms with Gasteiger partial charge in [-0.25, -0.2) is 0 Å². The van der Waals surface area contributed by atoms with E-state index in [1.807, 2.05) is 13.8 Å². The van der Waals surface area contributed by atoms with E-state index in [0.29, 0.717) is 36.5 Å². The number of unbranched alkanes of at least 4 members (excludes halogenated alkanes) is 1. The number of ether oxygens (including phenoxy) is 1. The van der Waals surface area contributed by atoms with Gasteiger partial charge in [0.05, 0.1) is 6.61 Å². The van der Waals surface area contributed by atoms with E-state index >= 15 is 0 Å². The van der Waals surface area contributed by atoms with Crippen LogP contribution in [-0.2, 0) is 0 Å². The Labute approximate surface area is 161 Å². The second-order valence-corrected chi connectivity index (χ2v) is 6.24. The number of amides is 2. The van der Waals surface area contributed by atoms with Crippen LogP contribution in [0.1, 0.15) is 54.3 Å². The Kier molecular flexibility index (Phi) is 7.86. The first kappa shape index (κ1) is 20.5. The SMILES string of the molecule is CCCCOc1ccc(C(=O)Nc2cccc(C(=O)N(CC)CC)c2)cc1. The minimum absolute atomic E-state index is 0.0373.